The maximum absolute atomic E-state index is 13.6. The van der Waals surface area contributed by atoms with Crippen LogP contribution in [0, 0.1) is 5.82 Å². The van der Waals surface area contributed by atoms with Gasteiger partial charge in [0.2, 0.25) is 0 Å². The van der Waals surface area contributed by atoms with Gasteiger partial charge in [-0.25, -0.2) is 9.37 Å². The number of nitrogens with zero attached hydrogens (tertiary/aromatic N) is 1. The number of amides is 2. The highest BCUT2D eigenvalue weighted by atomic mass is 35.5. The highest BCUT2D eigenvalue weighted by molar-refractivity contribution is 7.99. The van der Waals surface area contributed by atoms with Crippen LogP contribution in [0.2, 0.25) is 5.02 Å². The SMILES string of the molecule is O=C(Nc1nc2ccc(Cl)cc2s1)c1ccc2c(c1)NC(=O)c1cc(F)ccc1S2. The summed E-state index contributed by atoms with van der Waals surface area (Å²) in [7, 11) is 0. The molecule has 2 heterocycles. The predicted octanol–water partition coefficient (Wildman–Crippen LogP) is 6.06. The van der Waals surface area contributed by atoms with Crippen LogP contribution in [0.25, 0.3) is 10.2 Å². The lowest BCUT2D eigenvalue weighted by Crippen LogP contribution is -2.14. The van der Waals surface area contributed by atoms with Crippen LogP contribution in [-0.2, 0) is 0 Å². The molecule has 0 unspecified atom stereocenters. The second kappa shape index (κ2) is 7.39. The number of nitrogens with one attached hydrogen (secondary N) is 2. The van der Waals surface area contributed by atoms with E-state index < -0.39 is 11.7 Å². The van der Waals surface area contributed by atoms with E-state index in [1.807, 2.05) is 0 Å². The standard InChI is InChI=1S/C21H11ClFN3O2S2/c22-11-2-4-14-18(8-11)30-21(25-14)26-19(27)10-1-5-17-15(7-10)24-20(28)13-9-12(23)3-6-16(13)29-17/h1-9H,(H,24,28)(H,25,26,27). The van der Waals surface area contributed by atoms with E-state index in [4.69, 9.17) is 11.6 Å². The van der Waals surface area contributed by atoms with E-state index >= 15 is 0 Å². The van der Waals surface area contributed by atoms with Crippen LogP contribution in [0.5, 0.6) is 0 Å². The molecule has 0 radical (unpaired) electrons. The van der Waals surface area contributed by atoms with E-state index in [9.17, 15) is 14.0 Å². The predicted molar refractivity (Wildman–Crippen MR) is 118 cm³/mol. The minimum Gasteiger partial charge on any atom is -0.321 e. The quantitative estimate of drug-likeness (QED) is 0.385. The molecule has 148 valence electrons. The first-order valence-electron chi connectivity index (χ1n) is 8.76. The summed E-state index contributed by atoms with van der Waals surface area (Å²) in [6, 6.07) is 14.4. The largest absolute Gasteiger partial charge is 0.321 e. The van der Waals surface area contributed by atoms with Crippen molar-refractivity contribution >= 4 is 67.5 Å². The molecule has 30 heavy (non-hydrogen) atoms. The van der Waals surface area contributed by atoms with Gasteiger partial charge in [-0.3, -0.25) is 14.9 Å². The summed E-state index contributed by atoms with van der Waals surface area (Å²) in [4.78, 5) is 31.0. The minimum absolute atomic E-state index is 0.260. The Morgan fingerprint density at radius 2 is 1.90 bits per heavy atom. The summed E-state index contributed by atoms with van der Waals surface area (Å²) in [6.07, 6.45) is 0. The average molecular weight is 456 g/mol. The zero-order valence-corrected chi connectivity index (χ0v) is 17.4. The average Bonchev–Trinajstić information content (AvgIpc) is 3.05. The van der Waals surface area contributed by atoms with Gasteiger partial charge in [-0.05, 0) is 54.6 Å². The lowest BCUT2D eigenvalue weighted by atomic mass is 10.1. The molecule has 0 saturated carbocycles. The van der Waals surface area contributed by atoms with Gasteiger partial charge in [-0.15, -0.1) is 0 Å². The van der Waals surface area contributed by atoms with E-state index in [2.05, 4.69) is 15.6 Å². The van der Waals surface area contributed by atoms with E-state index in [-0.39, 0.29) is 11.5 Å². The molecule has 0 atom stereocenters. The van der Waals surface area contributed by atoms with Crippen LogP contribution >= 0.6 is 34.7 Å². The van der Waals surface area contributed by atoms with Gasteiger partial charge in [0.25, 0.3) is 11.8 Å². The molecule has 0 fully saturated rings. The summed E-state index contributed by atoms with van der Waals surface area (Å²) in [5.74, 6) is -1.25. The monoisotopic (exact) mass is 455 g/mol. The number of aromatic nitrogens is 1. The zero-order valence-electron chi connectivity index (χ0n) is 15.0. The van der Waals surface area contributed by atoms with E-state index in [1.165, 1.54) is 35.2 Å². The Hall–Kier alpha value is -2.94. The van der Waals surface area contributed by atoms with Gasteiger partial charge in [-0.2, -0.15) is 0 Å². The maximum Gasteiger partial charge on any atom is 0.257 e. The van der Waals surface area contributed by atoms with E-state index in [0.29, 0.717) is 26.3 Å². The Labute approximate surface area is 183 Å². The molecule has 0 bridgehead atoms. The topological polar surface area (TPSA) is 71.1 Å². The third-order valence-corrected chi connectivity index (χ3v) is 6.79. The Morgan fingerprint density at radius 3 is 2.77 bits per heavy atom. The molecular formula is C21H11ClFN3O2S2. The van der Waals surface area contributed by atoms with E-state index in [0.717, 1.165) is 15.1 Å². The van der Waals surface area contributed by atoms with Crippen molar-refractivity contribution in [2.45, 2.75) is 9.79 Å². The Morgan fingerprint density at radius 1 is 1.07 bits per heavy atom. The summed E-state index contributed by atoms with van der Waals surface area (Å²) < 4.78 is 14.4. The van der Waals surface area contributed by atoms with Crippen molar-refractivity contribution in [3.63, 3.8) is 0 Å². The minimum atomic E-state index is -0.479. The van der Waals surface area contributed by atoms with Gasteiger partial charge < -0.3 is 5.32 Å². The van der Waals surface area contributed by atoms with Gasteiger partial charge in [0, 0.05) is 20.4 Å². The van der Waals surface area contributed by atoms with E-state index in [1.54, 1.807) is 42.5 Å². The number of carbonyl (C=O) groups excluding carboxylic acids is 2. The third kappa shape index (κ3) is 3.54. The number of halogens is 2. The van der Waals surface area contributed by atoms with Crippen LogP contribution in [0.1, 0.15) is 20.7 Å². The summed E-state index contributed by atoms with van der Waals surface area (Å²) in [5.41, 5.74) is 1.86. The van der Waals surface area contributed by atoms with Gasteiger partial charge in [0.05, 0.1) is 21.5 Å². The van der Waals surface area contributed by atoms with Crippen molar-refractivity contribution in [3.05, 3.63) is 76.6 Å². The molecule has 0 spiro atoms. The normalized spacial score (nSPS) is 12.7. The Bertz CT molecular complexity index is 1360. The molecular weight excluding hydrogens is 445 g/mol. The highest BCUT2D eigenvalue weighted by Crippen LogP contribution is 2.39. The number of hydrogen-bond acceptors (Lipinski definition) is 5. The number of thiazole rings is 1. The fraction of sp³-hybridized carbons (Fsp3) is 0. The molecule has 3 aromatic carbocycles. The molecule has 0 saturated heterocycles. The lowest BCUT2D eigenvalue weighted by Gasteiger charge is -2.08. The van der Waals surface area contributed by atoms with Crippen LogP contribution in [0.3, 0.4) is 0 Å². The summed E-state index contributed by atoms with van der Waals surface area (Å²) in [5, 5.41) is 6.59. The van der Waals surface area contributed by atoms with Crippen LogP contribution < -0.4 is 10.6 Å². The number of carbonyl (C=O) groups is 2. The van der Waals surface area contributed by atoms with Crippen LogP contribution in [0.15, 0.2) is 64.4 Å². The molecule has 1 aromatic heterocycles. The molecule has 2 N–H and O–H groups in total. The van der Waals surface area contributed by atoms with Gasteiger partial charge >= 0.3 is 0 Å². The first kappa shape index (κ1) is 19.0. The second-order valence-corrected chi connectivity index (χ2v) is 9.04. The molecule has 5 nitrogen and oxygen atoms in total. The lowest BCUT2D eigenvalue weighted by molar-refractivity contribution is 0.101. The number of fused-ring (bicyclic) bond motifs is 3. The van der Waals surface area contributed by atoms with Crippen molar-refractivity contribution in [2.24, 2.45) is 0 Å². The van der Waals surface area contributed by atoms with Crippen molar-refractivity contribution in [1.29, 1.82) is 0 Å². The van der Waals surface area contributed by atoms with Gasteiger partial charge in [0.1, 0.15) is 5.82 Å². The molecule has 1 aliphatic rings. The molecule has 1 aliphatic heterocycles. The van der Waals surface area contributed by atoms with Gasteiger partial charge in [0.15, 0.2) is 5.13 Å². The smallest absolute Gasteiger partial charge is 0.257 e. The third-order valence-electron chi connectivity index (χ3n) is 4.47. The molecule has 4 aromatic rings. The van der Waals surface area contributed by atoms with Crippen molar-refractivity contribution in [2.75, 3.05) is 10.6 Å². The van der Waals surface area contributed by atoms with Gasteiger partial charge in [-0.1, -0.05) is 34.7 Å². The molecule has 0 aliphatic carbocycles. The second-order valence-electron chi connectivity index (χ2n) is 6.49. The molecule has 2 amide bonds. The maximum atomic E-state index is 13.6. The number of anilines is 2. The number of benzene rings is 3. The summed E-state index contributed by atoms with van der Waals surface area (Å²) in [6.45, 7) is 0. The zero-order chi connectivity index (χ0) is 20.8. The highest BCUT2D eigenvalue weighted by Gasteiger charge is 2.22. The fourth-order valence-corrected chi connectivity index (χ4v) is 5.18. The van der Waals surface area contributed by atoms with Crippen LogP contribution in [-0.4, -0.2) is 16.8 Å². The fourth-order valence-electron chi connectivity index (χ4n) is 3.06. The summed E-state index contributed by atoms with van der Waals surface area (Å²) >= 11 is 8.66. The number of rotatable bonds is 2. The first-order valence-corrected chi connectivity index (χ1v) is 10.8. The molecule has 5 rings (SSSR count). The first-order chi connectivity index (χ1) is 14.5. The molecule has 9 heteroatoms. The van der Waals surface area contributed by atoms with Crippen molar-refractivity contribution in [3.8, 4) is 0 Å². The van der Waals surface area contributed by atoms with Crippen molar-refractivity contribution < 1.29 is 14.0 Å². The van der Waals surface area contributed by atoms with Crippen molar-refractivity contribution in [1.82, 2.24) is 4.98 Å². The Balaban J connectivity index is 1.42. The van der Waals surface area contributed by atoms with Crippen LogP contribution in [0.4, 0.5) is 15.2 Å². The Kier molecular flexibility index (Phi) is 4.69. The number of hydrogen-bond donors (Lipinski definition) is 2.